The molecule has 0 saturated carbocycles. The Bertz CT molecular complexity index is 479. The second-order valence-corrected chi connectivity index (χ2v) is 6.24. The first-order valence-corrected chi connectivity index (χ1v) is 7.80. The highest BCUT2D eigenvalue weighted by molar-refractivity contribution is 6.33. The van der Waals surface area contributed by atoms with Crippen LogP contribution in [0.1, 0.15) is 24.2 Å². The van der Waals surface area contributed by atoms with E-state index >= 15 is 0 Å². The van der Waals surface area contributed by atoms with Crippen LogP contribution in [0.25, 0.3) is 0 Å². The summed E-state index contributed by atoms with van der Waals surface area (Å²) in [7, 11) is 0. The molecule has 1 aromatic carbocycles. The minimum atomic E-state index is -0.148. The third-order valence-corrected chi connectivity index (χ3v) is 3.78. The fourth-order valence-electron chi connectivity index (χ4n) is 2.53. The largest absolute Gasteiger partial charge is 0.374 e. The number of nitrogens with one attached hydrogen (secondary N) is 1. The van der Waals surface area contributed by atoms with Gasteiger partial charge in [0.15, 0.2) is 0 Å². The van der Waals surface area contributed by atoms with Crippen molar-refractivity contribution in [2.24, 2.45) is 5.92 Å². The van der Waals surface area contributed by atoms with Crippen molar-refractivity contribution in [3.8, 4) is 0 Å². The number of hydrogen-bond donors (Lipinski definition) is 1. The molecular weight excluding hydrogens is 288 g/mol. The first-order chi connectivity index (χ1) is 10.1. The van der Waals surface area contributed by atoms with Gasteiger partial charge in [-0.2, -0.15) is 0 Å². The average molecular weight is 311 g/mol. The molecule has 1 N–H and O–H groups in total. The second kappa shape index (κ2) is 7.78. The zero-order chi connectivity index (χ0) is 15.2. The van der Waals surface area contributed by atoms with Crippen LogP contribution in [0, 0.1) is 5.92 Å². The maximum Gasteiger partial charge on any atom is 0.252 e. The summed E-state index contributed by atoms with van der Waals surface area (Å²) in [6.07, 6.45) is 0.0453. The molecule has 0 bridgehead atoms. The molecule has 116 valence electrons. The summed E-state index contributed by atoms with van der Waals surface area (Å²) in [5.41, 5.74) is 0.508. The van der Waals surface area contributed by atoms with Crippen LogP contribution in [0.15, 0.2) is 24.3 Å². The molecular formula is C16H23ClN2O2. The first kappa shape index (κ1) is 16.3. The van der Waals surface area contributed by atoms with Crippen LogP contribution in [0.4, 0.5) is 0 Å². The van der Waals surface area contributed by atoms with Crippen molar-refractivity contribution in [1.29, 1.82) is 0 Å². The molecule has 0 radical (unpaired) electrons. The standard InChI is InChI=1S/C16H23ClN2O2/c1-12(2)10-19-7-8-21-13(11-19)9-18-16(20)14-5-3-4-6-15(14)17/h3-6,12-13H,7-11H2,1-2H3,(H,18,20). The second-order valence-electron chi connectivity index (χ2n) is 5.84. The molecule has 1 amide bonds. The Hall–Kier alpha value is -1.10. The van der Waals surface area contributed by atoms with Crippen LogP contribution in [0.3, 0.4) is 0 Å². The van der Waals surface area contributed by atoms with Gasteiger partial charge in [0.1, 0.15) is 0 Å². The van der Waals surface area contributed by atoms with E-state index in [9.17, 15) is 4.79 Å². The molecule has 1 atom stereocenters. The topological polar surface area (TPSA) is 41.6 Å². The summed E-state index contributed by atoms with van der Waals surface area (Å²) in [6.45, 7) is 8.55. The zero-order valence-corrected chi connectivity index (χ0v) is 13.4. The van der Waals surface area contributed by atoms with E-state index in [1.807, 2.05) is 12.1 Å². The monoisotopic (exact) mass is 310 g/mol. The lowest BCUT2D eigenvalue weighted by atomic mass is 10.1. The molecule has 1 unspecified atom stereocenters. The van der Waals surface area contributed by atoms with Crippen molar-refractivity contribution in [1.82, 2.24) is 10.2 Å². The fraction of sp³-hybridized carbons (Fsp3) is 0.562. The normalized spacial score (nSPS) is 19.7. The van der Waals surface area contributed by atoms with E-state index in [2.05, 4.69) is 24.1 Å². The van der Waals surface area contributed by atoms with Gasteiger partial charge < -0.3 is 10.1 Å². The Kier molecular flexibility index (Phi) is 6.03. The van der Waals surface area contributed by atoms with Crippen LogP contribution in [-0.2, 0) is 4.74 Å². The van der Waals surface area contributed by atoms with E-state index in [0.717, 1.165) is 26.2 Å². The Balaban J connectivity index is 1.82. The van der Waals surface area contributed by atoms with Crippen molar-refractivity contribution >= 4 is 17.5 Å². The van der Waals surface area contributed by atoms with Gasteiger partial charge in [0.2, 0.25) is 0 Å². The van der Waals surface area contributed by atoms with Crippen molar-refractivity contribution in [2.45, 2.75) is 20.0 Å². The zero-order valence-electron chi connectivity index (χ0n) is 12.6. The quantitative estimate of drug-likeness (QED) is 0.908. The number of hydrogen-bond acceptors (Lipinski definition) is 3. The molecule has 0 spiro atoms. The summed E-state index contributed by atoms with van der Waals surface area (Å²) in [6, 6.07) is 7.07. The number of ether oxygens (including phenoxy) is 1. The van der Waals surface area contributed by atoms with Crippen LogP contribution in [0.5, 0.6) is 0 Å². The van der Waals surface area contributed by atoms with Crippen LogP contribution < -0.4 is 5.32 Å². The molecule has 21 heavy (non-hydrogen) atoms. The number of morpholine rings is 1. The summed E-state index contributed by atoms with van der Waals surface area (Å²) in [5.74, 6) is 0.492. The first-order valence-electron chi connectivity index (χ1n) is 7.43. The van der Waals surface area contributed by atoms with Crippen molar-refractivity contribution in [2.75, 3.05) is 32.8 Å². The predicted octanol–water partition coefficient (Wildman–Crippen LogP) is 2.43. The highest BCUT2D eigenvalue weighted by Gasteiger charge is 2.21. The Morgan fingerprint density at radius 2 is 2.24 bits per heavy atom. The van der Waals surface area contributed by atoms with Crippen LogP contribution >= 0.6 is 11.6 Å². The summed E-state index contributed by atoms with van der Waals surface area (Å²) < 4.78 is 5.72. The molecule has 1 saturated heterocycles. The van der Waals surface area contributed by atoms with Gasteiger partial charge in [-0.1, -0.05) is 37.6 Å². The molecule has 2 rings (SSSR count). The van der Waals surface area contributed by atoms with E-state index in [1.165, 1.54) is 0 Å². The van der Waals surface area contributed by atoms with E-state index < -0.39 is 0 Å². The number of rotatable bonds is 5. The lowest BCUT2D eigenvalue weighted by Gasteiger charge is -2.33. The number of carbonyl (C=O) groups excluding carboxylic acids is 1. The van der Waals surface area contributed by atoms with Crippen LogP contribution in [0.2, 0.25) is 5.02 Å². The molecule has 0 aromatic heterocycles. The highest BCUT2D eigenvalue weighted by atomic mass is 35.5. The minimum Gasteiger partial charge on any atom is -0.374 e. The van der Waals surface area contributed by atoms with E-state index in [0.29, 0.717) is 23.0 Å². The summed E-state index contributed by atoms with van der Waals surface area (Å²) >= 11 is 6.02. The number of halogens is 1. The third kappa shape index (κ3) is 4.99. The fourth-order valence-corrected chi connectivity index (χ4v) is 2.75. The Morgan fingerprint density at radius 1 is 1.48 bits per heavy atom. The van der Waals surface area contributed by atoms with Gasteiger partial charge in [0.05, 0.1) is 23.3 Å². The van der Waals surface area contributed by atoms with Crippen molar-refractivity contribution < 1.29 is 9.53 Å². The molecule has 5 heteroatoms. The maximum atomic E-state index is 12.1. The van der Waals surface area contributed by atoms with Gasteiger partial charge >= 0.3 is 0 Å². The number of benzene rings is 1. The average Bonchev–Trinajstić information content (AvgIpc) is 2.45. The SMILES string of the molecule is CC(C)CN1CCOC(CNC(=O)c2ccccc2Cl)C1. The minimum absolute atomic E-state index is 0.0453. The number of nitrogens with zero attached hydrogens (tertiary/aromatic N) is 1. The summed E-state index contributed by atoms with van der Waals surface area (Å²) in [4.78, 5) is 14.5. The van der Waals surface area contributed by atoms with E-state index in [4.69, 9.17) is 16.3 Å². The molecule has 1 aliphatic rings. The van der Waals surface area contributed by atoms with E-state index in [-0.39, 0.29) is 12.0 Å². The van der Waals surface area contributed by atoms with Gasteiger partial charge in [0.25, 0.3) is 5.91 Å². The van der Waals surface area contributed by atoms with Gasteiger partial charge in [-0.25, -0.2) is 0 Å². The molecule has 0 aliphatic carbocycles. The smallest absolute Gasteiger partial charge is 0.252 e. The Morgan fingerprint density at radius 3 is 2.95 bits per heavy atom. The van der Waals surface area contributed by atoms with Gasteiger partial charge in [-0.3, -0.25) is 9.69 Å². The van der Waals surface area contributed by atoms with Crippen molar-refractivity contribution in [3.63, 3.8) is 0 Å². The van der Waals surface area contributed by atoms with Gasteiger partial charge in [0, 0.05) is 26.2 Å². The maximum absolute atomic E-state index is 12.1. The van der Waals surface area contributed by atoms with Gasteiger partial charge in [-0.15, -0.1) is 0 Å². The number of amides is 1. The van der Waals surface area contributed by atoms with E-state index in [1.54, 1.807) is 12.1 Å². The molecule has 1 heterocycles. The summed E-state index contributed by atoms with van der Waals surface area (Å²) in [5, 5.41) is 3.38. The van der Waals surface area contributed by atoms with Crippen LogP contribution in [-0.4, -0.2) is 49.7 Å². The highest BCUT2D eigenvalue weighted by Crippen LogP contribution is 2.14. The van der Waals surface area contributed by atoms with Crippen molar-refractivity contribution in [3.05, 3.63) is 34.9 Å². The predicted molar refractivity (Wildman–Crippen MR) is 84.8 cm³/mol. The lowest BCUT2D eigenvalue weighted by Crippen LogP contribution is -2.48. The third-order valence-electron chi connectivity index (χ3n) is 3.46. The lowest BCUT2D eigenvalue weighted by molar-refractivity contribution is -0.0295. The molecule has 1 aliphatic heterocycles. The molecule has 1 fully saturated rings. The molecule has 1 aromatic rings. The van der Waals surface area contributed by atoms with Gasteiger partial charge in [-0.05, 0) is 18.1 Å². The number of carbonyl (C=O) groups is 1. The molecule has 4 nitrogen and oxygen atoms in total. The Labute approximate surface area is 131 Å².